The van der Waals surface area contributed by atoms with Gasteiger partial charge in [0.2, 0.25) is 11.8 Å². The third kappa shape index (κ3) is 4.57. The Morgan fingerprint density at radius 3 is 2.72 bits per heavy atom. The molecule has 1 aliphatic rings. The molecule has 1 fully saturated rings. The van der Waals surface area contributed by atoms with Crippen LogP contribution in [-0.4, -0.2) is 34.6 Å². The van der Waals surface area contributed by atoms with Gasteiger partial charge in [-0.3, -0.25) is 19.7 Å². The van der Waals surface area contributed by atoms with E-state index in [0.29, 0.717) is 0 Å². The van der Waals surface area contributed by atoms with Crippen LogP contribution in [0.1, 0.15) is 24.5 Å². The van der Waals surface area contributed by atoms with Crippen molar-refractivity contribution in [2.24, 2.45) is 11.0 Å². The fourth-order valence-corrected chi connectivity index (χ4v) is 3.06. The summed E-state index contributed by atoms with van der Waals surface area (Å²) in [5.74, 6) is -1.35. The fourth-order valence-electron chi connectivity index (χ4n) is 3.06. The van der Waals surface area contributed by atoms with E-state index in [-0.39, 0.29) is 35.9 Å². The van der Waals surface area contributed by atoms with Crippen LogP contribution >= 0.6 is 0 Å². The van der Waals surface area contributed by atoms with Gasteiger partial charge in [0, 0.05) is 36.3 Å². The van der Waals surface area contributed by atoms with Crippen molar-refractivity contribution in [3.63, 3.8) is 0 Å². The van der Waals surface area contributed by atoms with E-state index >= 15 is 0 Å². The van der Waals surface area contributed by atoms with Crippen LogP contribution in [0.3, 0.4) is 0 Å². The number of carbonyl (C=O) groups excluding carboxylic acids is 2. The number of aromatic hydroxyl groups is 1. The van der Waals surface area contributed by atoms with Crippen LogP contribution in [0.15, 0.2) is 47.6 Å². The summed E-state index contributed by atoms with van der Waals surface area (Å²) in [6.45, 7) is 2.29. The lowest BCUT2D eigenvalue weighted by Crippen LogP contribution is -2.30. The number of nitrogens with one attached hydrogen (secondary N) is 1. The van der Waals surface area contributed by atoms with Crippen molar-refractivity contribution in [3.05, 3.63) is 63.7 Å². The van der Waals surface area contributed by atoms with Gasteiger partial charge in [0.05, 0.1) is 17.1 Å². The molecule has 150 valence electrons. The largest absolute Gasteiger partial charge is 0.507 e. The van der Waals surface area contributed by atoms with Crippen molar-refractivity contribution < 1.29 is 19.6 Å². The standard InChI is InChI=1S/C20H20N4O5/c1-2-13-3-5-16(6-4-13)23-12-15(10-19(23)26)20(27)22-21-11-14-9-17(24(28)29)7-8-18(14)25/h3-9,11,15,25H,2,10,12H2,1H3,(H,22,27). The summed E-state index contributed by atoms with van der Waals surface area (Å²) in [5.41, 5.74) is 4.12. The summed E-state index contributed by atoms with van der Waals surface area (Å²) in [7, 11) is 0. The van der Waals surface area contributed by atoms with Crippen molar-refractivity contribution in [1.82, 2.24) is 5.43 Å². The van der Waals surface area contributed by atoms with Crippen LogP contribution in [0, 0.1) is 16.0 Å². The minimum Gasteiger partial charge on any atom is -0.507 e. The summed E-state index contributed by atoms with van der Waals surface area (Å²) in [5, 5.41) is 24.3. The maximum atomic E-state index is 12.3. The lowest BCUT2D eigenvalue weighted by Gasteiger charge is -2.16. The van der Waals surface area contributed by atoms with Gasteiger partial charge in [0.1, 0.15) is 5.75 Å². The van der Waals surface area contributed by atoms with E-state index in [1.165, 1.54) is 6.07 Å². The lowest BCUT2D eigenvalue weighted by molar-refractivity contribution is -0.384. The second-order valence-electron chi connectivity index (χ2n) is 6.66. The highest BCUT2D eigenvalue weighted by molar-refractivity contribution is 6.00. The van der Waals surface area contributed by atoms with Crippen molar-refractivity contribution in [1.29, 1.82) is 0 Å². The van der Waals surface area contributed by atoms with Crippen LogP contribution in [-0.2, 0) is 16.0 Å². The van der Waals surface area contributed by atoms with Gasteiger partial charge in [0.15, 0.2) is 0 Å². The fraction of sp³-hybridized carbons (Fsp3) is 0.250. The minimum absolute atomic E-state index is 0.0684. The molecule has 1 heterocycles. The van der Waals surface area contributed by atoms with E-state index in [2.05, 4.69) is 10.5 Å². The number of hydrazone groups is 1. The van der Waals surface area contributed by atoms with E-state index in [9.17, 15) is 24.8 Å². The van der Waals surface area contributed by atoms with Gasteiger partial charge in [-0.25, -0.2) is 5.43 Å². The Kier molecular flexibility index (Phi) is 5.87. The Morgan fingerprint density at radius 1 is 1.34 bits per heavy atom. The third-order valence-corrected chi connectivity index (χ3v) is 4.75. The molecule has 29 heavy (non-hydrogen) atoms. The number of nitro benzene ring substituents is 1. The molecular formula is C20H20N4O5. The Morgan fingerprint density at radius 2 is 2.07 bits per heavy atom. The monoisotopic (exact) mass is 396 g/mol. The second-order valence-corrected chi connectivity index (χ2v) is 6.66. The van der Waals surface area contributed by atoms with Crippen molar-refractivity contribution in [2.75, 3.05) is 11.4 Å². The molecule has 0 spiro atoms. The first kappa shape index (κ1) is 20.0. The summed E-state index contributed by atoms with van der Waals surface area (Å²) < 4.78 is 0. The van der Waals surface area contributed by atoms with Crippen LogP contribution in [0.2, 0.25) is 0 Å². The molecule has 1 saturated heterocycles. The summed E-state index contributed by atoms with van der Waals surface area (Å²) in [6.07, 6.45) is 2.09. The molecule has 2 aromatic rings. The molecule has 9 heteroatoms. The number of benzene rings is 2. The zero-order valence-electron chi connectivity index (χ0n) is 15.7. The minimum atomic E-state index is -0.596. The molecule has 2 aromatic carbocycles. The second kappa shape index (κ2) is 8.51. The SMILES string of the molecule is CCc1ccc(N2CC(C(=O)NN=Cc3cc([N+](=O)[O-])ccc3O)CC2=O)cc1. The topological polar surface area (TPSA) is 125 Å². The molecule has 2 amide bonds. The number of phenolic OH excluding ortho intramolecular Hbond substituents is 1. The number of non-ortho nitro benzene ring substituents is 1. The summed E-state index contributed by atoms with van der Waals surface area (Å²) in [4.78, 5) is 36.4. The van der Waals surface area contributed by atoms with Crippen molar-refractivity contribution >= 4 is 29.4 Å². The zero-order chi connectivity index (χ0) is 21.0. The number of rotatable bonds is 6. The normalized spacial score (nSPS) is 16.4. The molecule has 0 aliphatic carbocycles. The zero-order valence-corrected chi connectivity index (χ0v) is 15.7. The van der Waals surface area contributed by atoms with Gasteiger partial charge in [-0.05, 0) is 30.2 Å². The van der Waals surface area contributed by atoms with Gasteiger partial charge in [-0.1, -0.05) is 19.1 Å². The molecule has 9 nitrogen and oxygen atoms in total. The van der Waals surface area contributed by atoms with Gasteiger partial charge < -0.3 is 10.0 Å². The number of hydrogen-bond donors (Lipinski definition) is 2. The van der Waals surface area contributed by atoms with Gasteiger partial charge in [-0.15, -0.1) is 0 Å². The van der Waals surface area contributed by atoms with E-state index in [4.69, 9.17) is 0 Å². The molecule has 1 unspecified atom stereocenters. The average Bonchev–Trinajstić information content (AvgIpc) is 3.11. The quantitative estimate of drug-likeness (QED) is 0.440. The van der Waals surface area contributed by atoms with Crippen LogP contribution in [0.5, 0.6) is 5.75 Å². The highest BCUT2D eigenvalue weighted by Crippen LogP contribution is 2.26. The summed E-state index contributed by atoms with van der Waals surface area (Å²) in [6, 6.07) is 11.1. The molecule has 0 bridgehead atoms. The first-order valence-corrected chi connectivity index (χ1v) is 9.08. The first-order valence-electron chi connectivity index (χ1n) is 9.08. The molecule has 0 radical (unpaired) electrons. The Bertz CT molecular complexity index is 971. The van der Waals surface area contributed by atoms with Gasteiger partial charge in [0.25, 0.3) is 5.69 Å². The maximum absolute atomic E-state index is 12.3. The molecule has 0 aromatic heterocycles. The van der Waals surface area contributed by atoms with Crippen LogP contribution in [0.25, 0.3) is 0 Å². The lowest BCUT2D eigenvalue weighted by atomic mass is 10.1. The molecule has 2 N–H and O–H groups in total. The number of nitrogens with zero attached hydrogens (tertiary/aromatic N) is 3. The van der Waals surface area contributed by atoms with Gasteiger partial charge >= 0.3 is 0 Å². The Hall–Kier alpha value is -3.75. The average molecular weight is 396 g/mol. The van der Waals surface area contributed by atoms with E-state index in [0.717, 1.165) is 36.0 Å². The molecule has 3 rings (SSSR count). The van der Waals surface area contributed by atoms with Crippen LogP contribution in [0.4, 0.5) is 11.4 Å². The predicted molar refractivity (Wildman–Crippen MR) is 107 cm³/mol. The number of nitro groups is 1. The highest BCUT2D eigenvalue weighted by Gasteiger charge is 2.35. The molecule has 1 aliphatic heterocycles. The number of phenols is 1. The smallest absolute Gasteiger partial charge is 0.270 e. The molecular weight excluding hydrogens is 376 g/mol. The van der Waals surface area contributed by atoms with Crippen molar-refractivity contribution in [3.8, 4) is 5.75 Å². The number of amides is 2. The number of aryl methyl sites for hydroxylation is 1. The highest BCUT2D eigenvalue weighted by atomic mass is 16.6. The number of hydrogen-bond acceptors (Lipinski definition) is 6. The predicted octanol–water partition coefficient (Wildman–Crippen LogP) is 2.37. The maximum Gasteiger partial charge on any atom is 0.270 e. The van der Waals surface area contributed by atoms with Gasteiger partial charge in [-0.2, -0.15) is 5.10 Å². The van der Waals surface area contributed by atoms with E-state index in [1.807, 2.05) is 31.2 Å². The van der Waals surface area contributed by atoms with E-state index < -0.39 is 16.7 Å². The number of anilines is 1. The summed E-state index contributed by atoms with van der Waals surface area (Å²) >= 11 is 0. The van der Waals surface area contributed by atoms with Crippen LogP contribution < -0.4 is 10.3 Å². The molecule has 0 saturated carbocycles. The number of carbonyl (C=O) groups is 2. The third-order valence-electron chi connectivity index (χ3n) is 4.75. The van der Waals surface area contributed by atoms with Crippen molar-refractivity contribution in [2.45, 2.75) is 19.8 Å². The molecule has 1 atom stereocenters. The van der Waals surface area contributed by atoms with E-state index in [1.54, 1.807) is 4.90 Å². The Balaban J connectivity index is 1.63. The Labute approximate surface area is 166 Å². The first-order chi connectivity index (χ1) is 13.9.